The van der Waals surface area contributed by atoms with Crippen molar-refractivity contribution in [3.05, 3.63) is 23.8 Å². The van der Waals surface area contributed by atoms with E-state index in [-0.39, 0.29) is 23.5 Å². The zero-order valence-electron chi connectivity index (χ0n) is 14.9. The van der Waals surface area contributed by atoms with Gasteiger partial charge in [0, 0.05) is 12.5 Å². The number of benzene rings is 1. The van der Waals surface area contributed by atoms with Crippen molar-refractivity contribution in [2.24, 2.45) is 11.7 Å². The number of sulfonamides is 1. The summed E-state index contributed by atoms with van der Waals surface area (Å²) in [6.07, 6.45) is 3.44. The molecule has 3 unspecified atom stereocenters. The topological polar surface area (TPSA) is 108 Å². The van der Waals surface area contributed by atoms with Gasteiger partial charge in [0.2, 0.25) is 10.0 Å². The van der Waals surface area contributed by atoms with Crippen molar-refractivity contribution >= 4 is 16.0 Å². The van der Waals surface area contributed by atoms with E-state index in [0.29, 0.717) is 24.3 Å². The molecule has 1 aliphatic heterocycles. The minimum Gasteiger partial charge on any atom is -0.478 e. The number of ether oxygens (including phenoxy) is 2. The first-order valence-corrected chi connectivity index (χ1v) is 10.6. The van der Waals surface area contributed by atoms with Crippen molar-refractivity contribution < 1.29 is 22.7 Å². The number of fused-ring (bicyclic) bond motifs is 1. The Morgan fingerprint density at radius 2 is 2.12 bits per heavy atom. The molecular weight excluding hydrogens is 356 g/mol. The van der Waals surface area contributed by atoms with Gasteiger partial charge < -0.3 is 15.2 Å². The van der Waals surface area contributed by atoms with E-state index in [9.17, 15) is 13.2 Å². The van der Waals surface area contributed by atoms with Gasteiger partial charge in [0.25, 0.3) is 0 Å². The third-order valence-electron chi connectivity index (χ3n) is 5.08. The first-order valence-electron chi connectivity index (χ1n) is 9.13. The van der Waals surface area contributed by atoms with Gasteiger partial charge in [0.15, 0.2) is 6.10 Å². The highest BCUT2D eigenvalue weighted by molar-refractivity contribution is 7.89. The van der Waals surface area contributed by atoms with Gasteiger partial charge in [-0.2, -0.15) is 0 Å². The monoisotopic (exact) mass is 382 g/mol. The first-order chi connectivity index (χ1) is 12.4. The maximum Gasteiger partial charge on any atom is 0.347 e. The Hall–Kier alpha value is -1.64. The lowest BCUT2D eigenvalue weighted by molar-refractivity contribution is -0.150. The zero-order chi connectivity index (χ0) is 18.7. The summed E-state index contributed by atoms with van der Waals surface area (Å²) in [5, 5.41) is 0. The Kier molecular flexibility index (Phi) is 5.84. The van der Waals surface area contributed by atoms with Gasteiger partial charge in [-0.3, -0.25) is 0 Å². The molecular formula is C18H26N2O5S. The van der Waals surface area contributed by atoms with Crippen LogP contribution < -0.4 is 15.2 Å². The van der Waals surface area contributed by atoms with E-state index in [4.69, 9.17) is 15.2 Å². The van der Waals surface area contributed by atoms with Crippen molar-refractivity contribution in [2.75, 3.05) is 13.2 Å². The maximum absolute atomic E-state index is 12.8. The summed E-state index contributed by atoms with van der Waals surface area (Å²) in [5.74, 6) is 0.267. The van der Waals surface area contributed by atoms with Crippen molar-refractivity contribution in [1.29, 1.82) is 0 Å². The second-order valence-corrected chi connectivity index (χ2v) is 8.55. The van der Waals surface area contributed by atoms with Crippen LogP contribution in [-0.2, 0) is 26.0 Å². The molecule has 1 saturated carbocycles. The number of hydrogen-bond acceptors (Lipinski definition) is 6. The molecule has 1 aromatic rings. The van der Waals surface area contributed by atoms with Crippen LogP contribution in [0.4, 0.5) is 0 Å². The number of esters is 1. The van der Waals surface area contributed by atoms with E-state index in [1.165, 1.54) is 6.07 Å². The van der Waals surface area contributed by atoms with Gasteiger partial charge in [0.1, 0.15) is 5.75 Å². The average Bonchev–Trinajstić information content (AvgIpc) is 3.05. The molecule has 144 valence electrons. The number of carbonyl (C=O) groups excluding carboxylic acids is 1. The van der Waals surface area contributed by atoms with Crippen molar-refractivity contribution in [2.45, 2.75) is 56.1 Å². The maximum atomic E-state index is 12.8. The van der Waals surface area contributed by atoms with Gasteiger partial charge in [0.05, 0.1) is 11.5 Å². The van der Waals surface area contributed by atoms with Crippen molar-refractivity contribution in [1.82, 2.24) is 4.72 Å². The van der Waals surface area contributed by atoms with E-state index in [1.54, 1.807) is 19.1 Å². The normalized spacial score (nSPS) is 25.4. The highest BCUT2D eigenvalue weighted by Gasteiger charge is 2.33. The molecule has 3 N–H and O–H groups in total. The predicted molar refractivity (Wildman–Crippen MR) is 96.3 cm³/mol. The fourth-order valence-electron chi connectivity index (χ4n) is 3.67. The van der Waals surface area contributed by atoms with Gasteiger partial charge in [-0.15, -0.1) is 0 Å². The number of nitrogens with two attached hydrogens (primary N) is 1. The summed E-state index contributed by atoms with van der Waals surface area (Å²) in [6.45, 7) is 2.49. The van der Waals surface area contributed by atoms with Gasteiger partial charge in [-0.1, -0.05) is 12.8 Å². The molecule has 0 bridgehead atoms. The standard InChI is InChI=1S/C18H26N2O5S/c1-2-24-18(21)17-10-13-9-14(7-8-16(13)25-17)26(22,23)20-15-6-4-3-5-12(15)11-19/h7-9,12,15,17,20H,2-6,10-11,19H2,1H3. The SMILES string of the molecule is CCOC(=O)C1Cc2cc(S(=O)(=O)NC3CCCCC3CN)ccc2O1. The largest absolute Gasteiger partial charge is 0.478 e. The molecule has 0 aromatic heterocycles. The second kappa shape index (κ2) is 7.94. The van der Waals surface area contributed by atoms with Crippen LogP contribution in [0.5, 0.6) is 5.75 Å². The second-order valence-electron chi connectivity index (χ2n) is 6.84. The quantitative estimate of drug-likeness (QED) is 0.719. The molecule has 0 saturated heterocycles. The number of rotatable bonds is 6. The molecule has 1 aliphatic carbocycles. The molecule has 1 heterocycles. The minimum atomic E-state index is -3.65. The number of hydrogen-bond donors (Lipinski definition) is 2. The molecule has 26 heavy (non-hydrogen) atoms. The van der Waals surface area contributed by atoms with Crippen LogP contribution in [0.3, 0.4) is 0 Å². The molecule has 1 fully saturated rings. The lowest BCUT2D eigenvalue weighted by atomic mass is 9.85. The Balaban J connectivity index is 1.74. The van der Waals surface area contributed by atoms with E-state index >= 15 is 0 Å². The van der Waals surface area contributed by atoms with Crippen LogP contribution in [-0.4, -0.2) is 39.7 Å². The molecule has 0 amide bonds. The highest BCUT2D eigenvalue weighted by Crippen LogP contribution is 2.32. The molecule has 1 aromatic carbocycles. The summed E-state index contributed by atoms with van der Waals surface area (Å²) in [7, 11) is -3.65. The first kappa shape index (κ1) is 19.1. The third-order valence-corrected chi connectivity index (χ3v) is 6.57. The van der Waals surface area contributed by atoms with E-state index < -0.39 is 22.1 Å². The zero-order valence-corrected chi connectivity index (χ0v) is 15.8. The van der Waals surface area contributed by atoms with Crippen molar-refractivity contribution in [3.8, 4) is 5.75 Å². The van der Waals surface area contributed by atoms with Gasteiger partial charge >= 0.3 is 5.97 Å². The van der Waals surface area contributed by atoms with E-state index in [0.717, 1.165) is 25.7 Å². The third kappa shape index (κ3) is 4.02. The summed E-state index contributed by atoms with van der Waals surface area (Å²) in [5.41, 5.74) is 6.50. The van der Waals surface area contributed by atoms with Gasteiger partial charge in [-0.05, 0) is 56.0 Å². The van der Waals surface area contributed by atoms with Crippen LogP contribution >= 0.6 is 0 Å². The highest BCUT2D eigenvalue weighted by atomic mass is 32.2. The molecule has 0 spiro atoms. The van der Waals surface area contributed by atoms with Gasteiger partial charge in [-0.25, -0.2) is 17.9 Å². The molecule has 2 aliphatic rings. The lowest BCUT2D eigenvalue weighted by Crippen LogP contribution is -2.44. The molecule has 3 rings (SSSR count). The summed E-state index contributed by atoms with van der Waals surface area (Å²) in [6, 6.07) is 4.56. The Morgan fingerprint density at radius 1 is 1.35 bits per heavy atom. The van der Waals surface area contributed by atoms with E-state index in [1.807, 2.05) is 0 Å². The fraction of sp³-hybridized carbons (Fsp3) is 0.611. The Morgan fingerprint density at radius 3 is 2.85 bits per heavy atom. The van der Waals surface area contributed by atoms with E-state index in [2.05, 4.69) is 4.72 Å². The summed E-state index contributed by atoms with van der Waals surface area (Å²) in [4.78, 5) is 12.0. The smallest absolute Gasteiger partial charge is 0.347 e. The Bertz CT molecular complexity index is 765. The molecule has 0 radical (unpaired) electrons. The minimum absolute atomic E-state index is 0.129. The van der Waals surface area contributed by atoms with Crippen LogP contribution in [0, 0.1) is 5.92 Å². The Labute approximate surface area is 154 Å². The van der Waals surface area contributed by atoms with Crippen LogP contribution in [0.15, 0.2) is 23.1 Å². The van der Waals surface area contributed by atoms with Crippen LogP contribution in [0.2, 0.25) is 0 Å². The van der Waals surface area contributed by atoms with Crippen molar-refractivity contribution in [3.63, 3.8) is 0 Å². The summed E-state index contributed by atoms with van der Waals surface area (Å²) >= 11 is 0. The number of carbonyl (C=O) groups is 1. The molecule has 3 atom stereocenters. The van der Waals surface area contributed by atoms with Crippen LogP contribution in [0.1, 0.15) is 38.2 Å². The molecule has 7 nitrogen and oxygen atoms in total. The fourth-order valence-corrected chi connectivity index (χ4v) is 5.06. The predicted octanol–water partition coefficient (Wildman–Crippen LogP) is 1.35. The summed E-state index contributed by atoms with van der Waals surface area (Å²) < 4.78 is 38.9. The number of nitrogens with one attached hydrogen (secondary N) is 1. The molecule has 8 heteroatoms. The lowest BCUT2D eigenvalue weighted by Gasteiger charge is -2.31. The average molecular weight is 382 g/mol. The van der Waals surface area contributed by atoms with Crippen LogP contribution in [0.25, 0.3) is 0 Å².